The molecule has 0 radical (unpaired) electrons. The molecule has 184 valence electrons. The van der Waals surface area contributed by atoms with E-state index in [-0.39, 0.29) is 0 Å². The maximum atomic E-state index is 8.25. The Kier molecular flexibility index (Phi) is 22.0. The van der Waals surface area contributed by atoms with Crippen LogP contribution < -0.4 is 0 Å². The van der Waals surface area contributed by atoms with Crippen LogP contribution in [0.3, 0.4) is 0 Å². The molecule has 0 heterocycles. The van der Waals surface area contributed by atoms with Crippen molar-refractivity contribution in [3.8, 4) is 0 Å². The fourth-order valence-corrected chi connectivity index (χ4v) is 54.2. The summed E-state index contributed by atoms with van der Waals surface area (Å²) in [6, 6.07) is 0. The summed E-state index contributed by atoms with van der Waals surface area (Å²) in [6.07, 6.45) is 16.5. The Morgan fingerprint density at radius 3 is 0.724 bits per heavy atom. The third-order valence-electron chi connectivity index (χ3n) is 4.95. The van der Waals surface area contributed by atoms with E-state index < -0.39 is 8.55 Å². The van der Waals surface area contributed by atoms with Gasteiger partial charge >= 0.3 is 196 Å². The van der Waals surface area contributed by atoms with Crippen molar-refractivity contribution in [3.63, 3.8) is 0 Å². The average molecular weight is 577 g/mol. The summed E-state index contributed by atoms with van der Waals surface area (Å²) in [6.45, 7) is 14.3. The molecule has 0 nitrogen and oxygen atoms in total. The van der Waals surface area contributed by atoms with Crippen molar-refractivity contribution in [2.75, 3.05) is 34.5 Å². The van der Waals surface area contributed by atoms with Gasteiger partial charge in [0.1, 0.15) is 0 Å². The number of rotatable bonds is 18. The number of unbranched alkanes of at least 4 members (excludes halogenated alkanes) is 6. The van der Waals surface area contributed by atoms with Crippen molar-refractivity contribution in [1.82, 2.24) is 0 Å². The normalized spacial score (nSPS) is 13.2. The molecule has 0 fully saturated rings. The van der Waals surface area contributed by atoms with Crippen LogP contribution in [0.5, 0.6) is 0 Å². The molecular weight excluding hydrogens is 523 g/mol. The predicted molar refractivity (Wildman–Crippen MR) is 147 cm³/mol. The average Bonchev–Trinajstić information content (AvgIpc) is 2.73. The summed E-state index contributed by atoms with van der Waals surface area (Å²) >= 11 is 0. The van der Waals surface area contributed by atoms with E-state index in [1.54, 1.807) is 0 Å². The zero-order chi connectivity index (χ0) is 22.0. The van der Waals surface area contributed by atoms with E-state index in [9.17, 15) is 0 Å². The van der Waals surface area contributed by atoms with E-state index in [0.717, 1.165) is 0 Å². The molecule has 0 saturated carbocycles. The summed E-state index contributed by atoms with van der Waals surface area (Å²) < 4.78 is 0. The van der Waals surface area contributed by atoms with Crippen LogP contribution in [0.15, 0.2) is 0 Å². The second-order valence-electron chi connectivity index (χ2n) is 7.86. The second kappa shape index (κ2) is 20.6. The van der Waals surface area contributed by atoms with Gasteiger partial charge in [-0.05, 0) is 0 Å². The third-order valence-corrected chi connectivity index (χ3v) is 51.3. The molecule has 0 rings (SSSR count). The standard InChI is InChI=1S/3C8H18S.ClH.Rh/c3*1-3-5-7-9-8-6-4-2;;/h3*3-8H2,1-2H3;1H;/q;;;;+1/p-1. The van der Waals surface area contributed by atoms with Crippen LogP contribution >= 0.6 is 34.8 Å². The molecule has 0 aliphatic carbocycles. The number of hydrogen-bond acceptors (Lipinski definition) is 0. The topological polar surface area (TPSA) is 0 Å². The van der Waals surface area contributed by atoms with Gasteiger partial charge < -0.3 is 0 Å². The monoisotopic (exact) mass is 576 g/mol. The molecule has 0 unspecified atom stereocenters. The molecule has 0 aromatic heterocycles. The first-order chi connectivity index (χ1) is 14.1. The van der Waals surface area contributed by atoms with E-state index in [1.807, 2.05) is 0 Å². The van der Waals surface area contributed by atoms with Gasteiger partial charge in [0.15, 0.2) is 0 Å². The predicted octanol–water partition coefficient (Wildman–Crippen LogP) is 10.6. The quantitative estimate of drug-likeness (QED) is 0.142. The fraction of sp³-hybridized carbons (Fsp3) is 1.00. The minimum absolute atomic E-state index is 0.548. The van der Waals surface area contributed by atoms with Gasteiger partial charge in [0, 0.05) is 0 Å². The number of halogens is 1. The molecule has 0 atom stereocenters. The van der Waals surface area contributed by atoms with Crippen LogP contribution in [0.4, 0.5) is 0 Å². The van der Waals surface area contributed by atoms with Crippen LogP contribution in [0.2, 0.25) is 0 Å². The van der Waals surface area contributed by atoms with E-state index in [4.69, 9.17) is 9.69 Å². The van der Waals surface area contributed by atoms with Gasteiger partial charge in [-0.1, -0.05) is 0 Å². The van der Waals surface area contributed by atoms with Crippen molar-refractivity contribution in [2.24, 2.45) is 0 Å². The summed E-state index contributed by atoms with van der Waals surface area (Å²) in [5.74, 6) is 8.78. The minimum atomic E-state index is -2.10. The van der Waals surface area contributed by atoms with Crippen LogP contribution in [0.1, 0.15) is 119 Å². The van der Waals surface area contributed by atoms with Gasteiger partial charge in [0.2, 0.25) is 0 Å². The molecule has 29 heavy (non-hydrogen) atoms. The van der Waals surface area contributed by atoms with Crippen molar-refractivity contribution in [1.29, 1.82) is 0 Å². The van der Waals surface area contributed by atoms with E-state index in [1.165, 1.54) is 112 Å². The third kappa shape index (κ3) is 12.1. The molecule has 0 aromatic rings. The summed E-state index contributed by atoms with van der Waals surface area (Å²) in [5.41, 5.74) is 0. The molecule has 0 bridgehead atoms. The first kappa shape index (κ1) is 31.0. The molecule has 0 aromatic carbocycles. The van der Waals surface area contributed by atoms with Crippen LogP contribution in [-0.2, 0) is 8.55 Å². The van der Waals surface area contributed by atoms with Gasteiger partial charge in [-0.3, -0.25) is 0 Å². The molecule has 0 amide bonds. The van der Waals surface area contributed by atoms with Gasteiger partial charge in [-0.15, -0.1) is 0 Å². The molecule has 0 aliphatic rings. The van der Waals surface area contributed by atoms with Crippen LogP contribution in [-0.4, -0.2) is 34.5 Å². The van der Waals surface area contributed by atoms with E-state index in [0.29, 0.717) is 25.1 Å². The Hall–Kier alpha value is 1.96. The molecule has 0 aliphatic heterocycles. The van der Waals surface area contributed by atoms with Crippen LogP contribution in [0.25, 0.3) is 0 Å². The van der Waals surface area contributed by atoms with E-state index >= 15 is 0 Å². The van der Waals surface area contributed by atoms with Crippen molar-refractivity contribution >= 4 is 34.8 Å². The Labute approximate surface area is 195 Å². The SMILES string of the molecule is CCCC[S](CCCC)=[Rh]([Cl])(=[S](CCCC)CCCC)=[S](CCCC)CCCC. The Morgan fingerprint density at radius 2 is 0.586 bits per heavy atom. The van der Waals surface area contributed by atoms with Gasteiger partial charge in [0.25, 0.3) is 0 Å². The van der Waals surface area contributed by atoms with Gasteiger partial charge in [0.05, 0.1) is 0 Å². The van der Waals surface area contributed by atoms with Gasteiger partial charge in [-0.25, -0.2) is 0 Å². The molecule has 0 saturated heterocycles. The number of hydrogen-bond donors (Lipinski definition) is 0. The zero-order valence-corrected chi connectivity index (χ0v) is 25.5. The first-order valence-corrected chi connectivity index (χ1v) is 24.9. The van der Waals surface area contributed by atoms with Crippen molar-refractivity contribution in [2.45, 2.75) is 119 Å². The molecule has 5 heteroatoms. The molecule has 0 spiro atoms. The summed E-state index contributed by atoms with van der Waals surface area (Å²) in [4.78, 5) is 0. The summed E-state index contributed by atoms with van der Waals surface area (Å²) in [7, 11) is 7.80. The molecular formula is C24H54ClRhS3. The van der Waals surface area contributed by atoms with Crippen molar-refractivity contribution in [3.05, 3.63) is 0 Å². The second-order valence-corrected chi connectivity index (χ2v) is 38.0. The van der Waals surface area contributed by atoms with Crippen molar-refractivity contribution < 1.29 is 8.55 Å². The Bertz CT molecular complexity index is 490. The zero-order valence-electron chi connectivity index (χ0n) is 20.7. The first-order valence-electron chi connectivity index (χ1n) is 12.5. The van der Waals surface area contributed by atoms with E-state index in [2.05, 4.69) is 41.5 Å². The molecule has 0 N–H and O–H groups in total. The van der Waals surface area contributed by atoms with Gasteiger partial charge in [-0.2, -0.15) is 0 Å². The fourth-order valence-electron chi connectivity index (χ4n) is 2.89. The Morgan fingerprint density at radius 1 is 0.414 bits per heavy atom. The van der Waals surface area contributed by atoms with Crippen LogP contribution in [0, 0.1) is 0 Å². The Balaban J connectivity index is 7.05. The summed E-state index contributed by atoms with van der Waals surface area (Å²) in [5, 5.41) is 0. The maximum absolute atomic E-state index is 8.25.